The third-order valence-electron chi connectivity index (χ3n) is 6.07. The number of terminal acetylenes is 1. The number of benzene rings is 2. The molecule has 5 rings (SSSR count). The Kier molecular flexibility index (Phi) is 6.56. The molecule has 186 valence electrons. The number of carbonyl (C=O) groups is 1. The summed E-state index contributed by atoms with van der Waals surface area (Å²) in [5.74, 6) is 2.40. The van der Waals surface area contributed by atoms with Crippen LogP contribution < -0.4 is 10.3 Å². The average molecular weight is 541 g/mol. The summed E-state index contributed by atoms with van der Waals surface area (Å²) in [5.41, 5.74) is 2.48. The maximum absolute atomic E-state index is 13.4. The van der Waals surface area contributed by atoms with Gasteiger partial charge in [0.05, 0.1) is 44.4 Å². The SMILES string of the molecule is C#Cc1ccc(C#N)c2c(=O)n(CCOc3ccc(Cl)cc3-c3ccnc4c(C(=O)O)csc34)c(C)nc12. The van der Waals surface area contributed by atoms with Crippen LogP contribution in [0.25, 0.3) is 32.2 Å². The van der Waals surface area contributed by atoms with E-state index in [4.69, 9.17) is 22.8 Å². The molecule has 0 spiro atoms. The first-order valence-corrected chi connectivity index (χ1v) is 12.5. The van der Waals surface area contributed by atoms with E-state index in [0.29, 0.717) is 43.5 Å². The molecular formula is C28H17ClN4O4S. The molecule has 0 unspecified atom stereocenters. The van der Waals surface area contributed by atoms with Gasteiger partial charge in [-0.2, -0.15) is 5.26 Å². The van der Waals surface area contributed by atoms with Gasteiger partial charge < -0.3 is 9.84 Å². The van der Waals surface area contributed by atoms with Gasteiger partial charge in [-0.05, 0) is 43.3 Å². The van der Waals surface area contributed by atoms with Crippen LogP contribution in [0.1, 0.15) is 27.3 Å². The molecule has 0 fully saturated rings. The Balaban J connectivity index is 1.51. The molecule has 0 bridgehead atoms. The lowest BCUT2D eigenvalue weighted by atomic mass is 10.0. The van der Waals surface area contributed by atoms with Crippen molar-refractivity contribution in [3.8, 4) is 35.3 Å². The predicted octanol–water partition coefficient (Wildman–Crippen LogP) is 5.27. The first-order valence-electron chi connectivity index (χ1n) is 11.3. The summed E-state index contributed by atoms with van der Waals surface area (Å²) in [5, 5.41) is 21.2. The van der Waals surface area contributed by atoms with Crippen LogP contribution in [-0.4, -0.2) is 32.2 Å². The van der Waals surface area contributed by atoms with Crippen LogP contribution in [0.2, 0.25) is 5.02 Å². The van der Waals surface area contributed by atoms with Gasteiger partial charge in [0.2, 0.25) is 0 Å². The Labute approximate surface area is 225 Å². The van der Waals surface area contributed by atoms with Gasteiger partial charge >= 0.3 is 5.97 Å². The van der Waals surface area contributed by atoms with Crippen LogP contribution in [0, 0.1) is 30.6 Å². The van der Waals surface area contributed by atoms with Crippen LogP contribution in [0.4, 0.5) is 0 Å². The van der Waals surface area contributed by atoms with Gasteiger partial charge in [-0.25, -0.2) is 9.78 Å². The van der Waals surface area contributed by atoms with Crippen molar-refractivity contribution in [2.24, 2.45) is 0 Å². The van der Waals surface area contributed by atoms with E-state index in [1.165, 1.54) is 22.0 Å². The van der Waals surface area contributed by atoms with Crippen LogP contribution in [-0.2, 0) is 6.54 Å². The molecule has 3 heterocycles. The number of rotatable bonds is 6. The third-order valence-corrected chi connectivity index (χ3v) is 7.30. The molecule has 0 radical (unpaired) electrons. The minimum atomic E-state index is -1.05. The smallest absolute Gasteiger partial charge is 0.338 e. The molecule has 38 heavy (non-hydrogen) atoms. The summed E-state index contributed by atoms with van der Waals surface area (Å²) in [7, 11) is 0. The molecule has 1 N–H and O–H groups in total. The maximum atomic E-state index is 13.4. The number of ether oxygens (including phenoxy) is 1. The Hall–Kier alpha value is -4.70. The standard InChI is InChI=1S/C28H17ClN4O4S/c1-3-16-4-5-17(13-30)23-24(16)32-15(2)33(27(23)34)10-11-37-22-7-6-18(29)12-20(22)19-8-9-31-25-21(28(35)36)14-38-26(19)25/h1,4-9,12,14H,10-11H2,2H3,(H,35,36). The van der Waals surface area contributed by atoms with E-state index in [0.717, 1.165) is 5.56 Å². The van der Waals surface area contributed by atoms with Crippen molar-refractivity contribution in [3.05, 3.63) is 85.9 Å². The summed E-state index contributed by atoms with van der Waals surface area (Å²) in [4.78, 5) is 33.7. The first kappa shape index (κ1) is 25.0. The van der Waals surface area contributed by atoms with Crippen molar-refractivity contribution in [3.63, 3.8) is 0 Å². The summed E-state index contributed by atoms with van der Waals surface area (Å²) in [6.07, 6.45) is 7.11. The van der Waals surface area contributed by atoms with E-state index in [2.05, 4.69) is 15.9 Å². The van der Waals surface area contributed by atoms with Crippen molar-refractivity contribution in [1.29, 1.82) is 5.26 Å². The molecule has 5 aromatic rings. The summed E-state index contributed by atoms with van der Waals surface area (Å²) in [6.45, 7) is 1.96. The second-order valence-corrected chi connectivity index (χ2v) is 9.55. The second-order valence-electron chi connectivity index (χ2n) is 8.24. The van der Waals surface area contributed by atoms with Crippen molar-refractivity contribution in [1.82, 2.24) is 14.5 Å². The fraction of sp³-hybridized carbons (Fsp3) is 0.107. The number of pyridine rings is 1. The van der Waals surface area contributed by atoms with Gasteiger partial charge in [-0.15, -0.1) is 17.8 Å². The van der Waals surface area contributed by atoms with E-state index >= 15 is 0 Å². The molecule has 0 atom stereocenters. The third kappa shape index (κ3) is 4.24. The minimum absolute atomic E-state index is 0.109. The molecule has 10 heteroatoms. The van der Waals surface area contributed by atoms with Crippen LogP contribution >= 0.6 is 22.9 Å². The molecule has 0 aliphatic heterocycles. The number of aromatic carboxylic acids is 1. The number of carboxylic acids is 1. The zero-order valence-electron chi connectivity index (χ0n) is 19.9. The van der Waals surface area contributed by atoms with Crippen LogP contribution in [0.3, 0.4) is 0 Å². The van der Waals surface area contributed by atoms with E-state index in [1.54, 1.807) is 48.8 Å². The summed E-state index contributed by atoms with van der Waals surface area (Å²) >= 11 is 7.57. The van der Waals surface area contributed by atoms with E-state index in [1.807, 2.05) is 6.07 Å². The number of aryl methyl sites for hydroxylation is 1. The second kappa shape index (κ2) is 9.98. The fourth-order valence-corrected chi connectivity index (χ4v) is 5.48. The molecule has 0 saturated carbocycles. The number of aromatic nitrogens is 3. The monoisotopic (exact) mass is 540 g/mol. The molecule has 0 saturated heterocycles. The van der Waals surface area contributed by atoms with E-state index in [-0.39, 0.29) is 35.2 Å². The number of hydrogen-bond donors (Lipinski definition) is 1. The highest BCUT2D eigenvalue weighted by Gasteiger charge is 2.19. The molecule has 0 aliphatic rings. The van der Waals surface area contributed by atoms with Gasteiger partial charge in [-0.1, -0.05) is 17.5 Å². The lowest BCUT2D eigenvalue weighted by molar-refractivity contribution is 0.0699. The molecule has 8 nitrogen and oxygen atoms in total. The molecule has 2 aromatic carbocycles. The quantitative estimate of drug-likeness (QED) is 0.292. The molecule has 3 aromatic heterocycles. The normalized spacial score (nSPS) is 10.8. The number of nitrogens with zero attached hydrogens (tertiary/aromatic N) is 4. The van der Waals surface area contributed by atoms with Crippen molar-refractivity contribution in [2.45, 2.75) is 13.5 Å². The number of halogens is 1. The van der Waals surface area contributed by atoms with Crippen LogP contribution in [0.15, 0.2) is 52.8 Å². The van der Waals surface area contributed by atoms with E-state index in [9.17, 15) is 20.0 Å². The zero-order chi connectivity index (χ0) is 27.0. The first-order chi connectivity index (χ1) is 18.3. The lowest BCUT2D eigenvalue weighted by Crippen LogP contribution is -2.27. The largest absolute Gasteiger partial charge is 0.491 e. The minimum Gasteiger partial charge on any atom is -0.491 e. The number of fused-ring (bicyclic) bond motifs is 2. The average Bonchev–Trinajstić information content (AvgIpc) is 3.35. The Morgan fingerprint density at radius 1 is 1.21 bits per heavy atom. The number of thiophene rings is 1. The molecule has 0 aliphatic carbocycles. The van der Waals surface area contributed by atoms with Crippen molar-refractivity contribution < 1.29 is 14.6 Å². The Bertz CT molecular complexity index is 1910. The van der Waals surface area contributed by atoms with E-state index < -0.39 is 5.97 Å². The van der Waals surface area contributed by atoms with Gasteiger partial charge in [0.25, 0.3) is 5.56 Å². The maximum Gasteiger partial charge on any atom is 0.338 e. The van der Waals surface area contributed by atoms with Gasteiger partial charge in [0, 0.05) is 27.7 Å². The number of hydrogen-bond acceptors (Lipinski definition) is 7. The summed E-state index contributed by atoms with van der Waals surface area (Å²) < 4.78 is 8.24. The lowest BCUT2D eigenvalue weighted by Gasteiger charge is -2.15. The van der Waals surface area contributed by atoms with Gasteiger partial charge in [0.1, 0.15) is 24.3 Å². The molecular weight excluding hydrogens is 524 g/mol. The Morgan fingerprint density at radius 2 is 2.00 bits per heavy atom. The van der Waals surface area contributed by atoms with Crippen molar-refractivity contribution in [2.75, 3.05) is 6.61 Å². The van der Waals surface area contributed by atoms with Crippen molar-refractivity contribution >= 4 is 50.0 Å². The molecule has 0 amide bonds. The predicted molar refractivity (Wildman–Crippen MR) is 146 cm³/mol. The highest BCUT2D eigenvalue weighted by molar-refractivity contribution is 7.18. The number of nitriles is 1. The fourth-order valence-electron chi connectivity index (χ4n) is 4.28. The highest BCUT2D eigenvalue weighted by Crippen LogP contribution is 2.39. The van der Waals surface area contributed by atoms with Gasteiger partial charge in [0.15, 0.2) is 0 Å². The van der Waals surface area contributed by atoms with Gasteiger partial charge in [-0.3, -0.25) is 14.3 Å². The highest BCUT2D eigenvalue weighted by atomic mass is 35.5. The topological polar surface area (TPSA) is 118 Å². The zero-order valence-corrected chi connectivity index (χ0v) is 21.4. The summed E-state index contributed by atoms with van der Waals surface area (Å²) in [6, 6.07) is 12.1. The number of carboxylic acid groups (broad SMARTS) is 1. The Morgan fingerprint density at radius 3 is 2.74 bits per heavy atom. The van der Waals surface area contributed by atoms with Crippen LogP contribution in [0.5, 0.6) is 5.75 Å².